The molecular weight excluding hydrogens is 566 g/mol. The number of β-lactam (4-membered cyclic amide) rings is 1. The topological polar surface area (TPSA) is 105 Å². The number of nitrogens with one attached hydrogen (secondary N) is 1. The minimum absolute atomic E-state index is 0.00605. The molecule has 3 aromatic carbocycles. The van der Waals surface area contributed by atoms with E-state index in [1.807, 2.05) is 66.7 Å². The fraction of sp³-hybridized carbons (Fsp3) is 0.273. The van der Waals surface area contributed by atoms with Crippen molar-refractivity contribution in [2.24, 2.45) is 0 Å². The van der Waals surface area contributed by atoms with E-state index in [2.05, 4.69) is 5.32 Å². The van der Waals surface area contributed by atoms with Crippen molar-refractivity contribution in [1.29, 1.82) is 0 Å². The summed E-state index contributed by atoms with van der Waals surface area (Å²) in [5.74, 6) is -0.736. The number of thioether (sulfide) groups is 1. The van der Waals surface area contributed by atoms with E-state index in [1.54, 1.807) is 35.9 Å². The number of esters is 1. The lowest BCUT2D eigenvalue weighted by Gasteiger charge is -2.58. The molecule has 1 saturated heterocycles. The second kappa shape index (κ2) is 10.6. The molecule has 3 heterocycles. The molecule has 5 atom stereocenters. The number of rotatable bonds is 7. The number of para-hydroxylation sites is 1. The van der Waals surface area contributed by atoms with Crippen molar-refractivity contribution in [3.63, 3.8) is 0 Å². The molecule has 1 saturated carbocycles. The fourth-order valence-corrected chi connectivity index (χ4v) is 8.43. The van der Waals surface area contributed by atoms with Crippen molar-refractivity contribution >= 4 is 41.1 Å². The SMILES string of the molecule is COc1ccc(COC(=O)C2=C3[C@@H](S[C@@H]4[C@H](NC(=O)Cc5ccccc5)C(=O)N24)[C@@H]2c4ccccc4N(C(C)=O)[C@H]32)cc1. The number of ether oxygens (including phenoxy) is 2. The Kier molecular flexibility index (Phi) is 6.73. The van der Waals surface area contributed by atoms with Crippen LogP contribution in [-0.4, -0.2) is 58.4 Å². The maximum Gasteiger partial charge on any atom is 0.355 e. The summed E-state index contributed by atoms with van der Waals surface area (Å²) in [6.45, 7) is 1.52. The van der Waals surface area contributed by atoms with Crippen LogP contribution >= 0.6 is 11.8 Å². The molecule has 3 aliphatic heterocycles. The largest absolute Gasteiger partial charge is 0.497 e. The van der Waals surface area contributed by atoms with Crippen LogP contribution in [0.15, 0.2) is 90.1 Å². The number of amides is 3. The van der Waals surface area contributed by atoms with Gasteiger partial charge in [0.25, 0.3) is 5.91 Å². The van der Waals surface area contributed by atoms with E-state index in [0.29, 0.717) is 5.75 Å². The number of hydrogen-bond donors (Lipinski definition) is 1. The van der Waals surface area contributed by atoms with Gasteiger partial charge in [-0.25, -0.2) is 4.79 Å². The van der Waals surface area contributed by atoms with Gasteiger partial charge in [0.2, 0.25) is 11.8 Å². The third-order valence-corrected chi connectivity index (χ3v) is 10.2. The summed E-state index contributed by atoms with van der Waals surface area (Å²) in [7, 11) is 1.58. The van der Waals surface area contributed by atoms with E-state index >= 15 is 0 Å². The quantitative estimate of drug-likeness (QED) is 0.329. The second-order valence-corrected chi connectivity index (χ2v) is 12.3. The van der Waals surface area contributed by atoms with E-state index in [4.69, 9.17) is 9.47 Å². The molecule has 0 bridgehead atoms. The minimum atomic E-state index is -0.772. The van der Waals surface area contributed by atoms with Gasteiger partial charge < -0.3 is 19.7 Å². The third-order valence-electron chi connectivity index (χ3n) is 8.55. The van der Waals surface area contributed by atoms with Crippen LogP contribution in [0.3, 0.4) is 0 Å². The fourth-order valence-electron chi connectivity index (χ4n) is 6.60. The first-order valence-electron chi connectivity index (χ1n) is 14.1. The molecule has 4 aliphatic rings. The normalized spacial score (nSPS) is 24.5. The van der Waals surface area contributed by atoms with E-state index in [0.717, 1.165) is 28.0 Å². The molecule has 0 unspecified atom stereocenters. The van der Waals surface area contributed by atoms with Gasteiger partial charge in [-0.15, -0.1) is 11.8 Å². The zero-order valence-electron chi connectivity index (χ0n) is 23.6. The summed E-state index contributed by atoms with van der Waals surface area (Å²) >= 11 is 1.56. The Balaban J connectivity index is 1.20. The monoisotopic (exact) mass is 595 g/mol. The predicted molar refractivity (Wildman–Crippen MR) is 160 cm³/mol. The van der Waals surface area contributed by atoms with E-state index in [9.17, 15) is 19.2 Å². The van der Waals surface area contributed by atoms with Gasteiger partial charge in [-0.2, -0.15) is 0 Å². The zero-order chi connectivity index (χ0) is 29.8. The molecule has 0 aromatic heterocycles. The highest BCUT2D eigenvalue weighted by molar-refractivity contribution is 8.01. The molecule has 1 aliphatic carbocycles. The molecule has 10 heteroatoms. The smallest absolute Gasteiger partial charge is 0.355 e. The van der Waals surface area contributed by atoms with Gasteiger partial charge in [-0.3, -0.25) is 19.3 Å². The maximum atomic E-state index is 13.8. The van der Waals surface area contributed by atoms with Crippen molar-refractivity contribution in [1.82, 2.24) is 10.2 Å². The van der Waals surface area contributed by atoms with Crippen LogP contribution in [0.1, 0.15) is 29.5 Å². The van der Waals surface area contributed by atoms with Gasteiger partial charge in [0.1, 0.15) is 29.5 Å². The van der Waals surface area contributed by atoms with Crippen molar-refractivity contribution in [2.45, 2.75) is 48.6 Å². The summed E-state index contributed by atoms with van der Waals surface area (Å²) < 4.78 is 11.0. The summed E-state index contributed by atoms with van der Waals surface area (Å²) in [4.78, 5) is 56.5. The van der Waals surface area contributed by atoms with Crippen molar-refractivity contribution in [2.75, 3.05) is 12.0 Å². The van der Waals surface area contributed by atoms with Crippen LogP contribution in [0.4, 0.5) is 5.69 Å². The Labute approximate surface area is 252 Å². The molecule has 218 valence electrons. The first kappa shape index (κ1) is 27.3. The highest BCUT2D eigenvalue weighted by Gasteiger charge is 2.66. The first-order chi connectivity index (χ1) is 20.9. The first-order valence-corrected chi connectivity index (χ1v) is 15.1. The lowest BCUT2D eigenvalue weighted by atomic mass is 9.70. The number of methoxy groups -OCH3 is 1. The standard InChI is InChI=1S/C33H29N3O6S/c1-18(37)35-23-11-7-6-10-22(23)25-28(35)26-29(33(40)42-17-20-12-14-21(41-2)15-13-20)36-31(39)27(32(36)43-30(25)26)34-24(38)16-19-8-4-3-5-9-19/h3-15,25,27-28,30,32H,16-17H2,1-2H3,(H,34,38)/t25-,27-,28+,30+,32-/m1/s1. The molecule has 9 nitrogen and oxygen atoms in total. The zero-order valence-corrected chi connectivity index (χ0v) is 24.4. The van der Waals surface area contributed by atoms with Gasteiger partial charge in [0, 0.05) is 23.8 Å². The number of fused-ring (bicyclic) bond motifs is 7. The lowest BCUT2D eigenvalue weighted by Crippen LogP contribution is -2.73. The van der Waals surface area contributed by atoms with Crippen molar-refractivity contribution < 1.29 is 28.7 Å². The number of carbonyl (C=O) groups excluding carboxylic acids is 4. The summed E-state index contributed by atoms with van der Waals surface area (Å²) in [6.07, 6.45) is 0.148. The van der Waals surface area contributed by atoms with Gasteiger partial charge in [-0.1, -0.05) is 60.7 Å². The van der Waals surface area contributed by atoms with Crippen LogP contribution in [0.25, 0.3) is 0 Å². The Hall–Kier alpha value is -4.57. The summed E-state index contributed by atoms with van der Waals surface area (Å²) in [5, 5.41) is 2.29. The van der Waals surface area contributed by atoms with Crippen molar-refractivity contribution in [3.8, 4) is 5.75 Å². The van der Waals surface area contributed by atoms with E-state index in [-0.39, 0.29) is 53.7 Å². The van der Waals surface area contributed by atoms with Crippen LogP contribution in [0.2, 0.25) is 0 Å². The van der Waals surface area contributed by atoms with Crippen LogP contribution in [0.5, 0.6) is 5.75 Å². The van der Waals surface area contributed by atoms with Gasteiger partial charge in [0.15, 0.2) is 0 Å². The molecule has 43 heavy (non-hydrogen) atoms. The number of carbonyl (C=O) groups is 4. The molecule has 1 N–H and O–H groups in total. The number of anilines is 1. The second-order valence-electron chi connectivity index (χ2n) is 11.0. The number of nitrogens with zero attached hydrogens (tertiary/aromatic N) is 2. The third kappa shape index (κ3) is 4.39. The molecule has 0 radical (unpaired) electrons. The average molecular weight is 596 g/mol. The molecule has 3 amide bonds. The molecular formula is C33H29N3O6S. The van der Waals surface area contributed by atoms with E-state index in [1.165, 1.54) is 11.8 Å². The highest BCUT2D eigenvalue weighted by Crippen LogP contribution is 2.64. The molecule has 2 fully saturated rings. The van der Waals surface area contributed by atoms with Gasteiger partial charge in [0.05, 0.1) is 19.6 Å². The van der Waals surface area contributed by atoms with Crippen LogP contribution in [-0.2, 0) is 36.9 Å². The number of hydrogen-bond acceptors (Lipinski definition) is 7. The van der Waals surface area contributed by atoms with Gasteiger partial charge >= 0.3 is 5.97 Å². The van der Waals surface area contributed by atoms with E-state index < -0.39 is 17.4 Å². The Morgan fingerprint density at radius 1 is 0.930 bits per heavy atom. The Morgan fingerprint density at radius 3 is 2.37 bits per heavy atom. The Morgan fingerprint density at radius 2 is 1.65 bits per heavy atom. The molecule has 7 rings (SSSR count). The molecule has 0 spiro atoms. The van der Waals surface area contributed by atoms with Crippen LogP contribution < -0.4 is 15.0 Å². The van der Waals surface area contributed by atoms with Gasteiger partial charge in [-0.05, 0) is 40.5 Å². The Bertz CT molecular complexity index is 1670. The number of benzene rings is 3. The van der Waals surface area contributed by atoms with Crippen molar-refractivity contribution in [3.05, 3.63) is 107 Å². The lowest BCUT2D eigenvalue weighted by molar-refractivity contribution is -0.153. The minimum Gasteiger partial charge on any atom is -0.497 e. The summed E-state index contributed by atoms with van der Waals surface area (Å²) in [6, 6.07) is 23.2. The highest BCUT2D eigenvalue weighted by atomic mass is 32.2. The maximum absolute atomic E-state index is 13.8. The molecule has 3 aromatic rings. The average Bonchev–Trinajstić information content (AvgIpc) is 3.31. The van der Waals surface area contributed by atoms with Crippen LogP contribution in [0, 0.1) is 0 Å². The predicted octanol–water partition coefficient (Wildman–Crippen LogP) is 3.54. The summed E-state index contributed by atoms with van der Waals surface area (Å²) in [5.41, 5.74) is 4.38.